The van der Waals surface area contributed by atoms with Crippen LogP contribution < -0.4 is 0 Å². The van der Waals surface area contributed by atoms with E-state index in [1.165, 1.54) is 23.9 Å². The second kappa shape index (κ2) is 6.89. The molecule has 0 aliphatic carbocycles. The maximum Gasteiger partial charge on any atom is 0.269 e. The number of fused-ring (bicyclic) bond motifs is 1. The molecule has 8 nitrogen and oxygen atoms in total. The zero-order valence-corrected chi connectivity index (χ0v) is 14.2. The number of aromatic nitrogens is 5. The fourth-order valence-electron chi connectivity index (χ4n) is 2.55. The second-order valence-electron chi connectivity index (χ2n) is 5.43. The van der Waals surface area contributed by atoms with Gasteiger partial charge in [-0.05, 0) is 40.3 Å². The van der Waals surface area contributed by atoms with E-state index in [0.717, 1.165) is 22.2 Å². The van der Waals surface area contributed by atoms with Crippen molar-refractivity contribution in [2.45, 2.75) is 10.9 Å². The number of nitro groups is 1. The molecule has 0 amide bonds. The minimum atomic E-state index is -0.411. The van der Waals surface area contributed by atoms with E-state index < -0.39 is 4.92 Å². The molecule has 26 heavy (non-hydrogen) atoms. The number of thioether (sulfide) groups is 1. The molecule has 0 unspecified atom stereocenters. The molecule has 0 fully saturated rings. The second-order valence-corrected chi connectivity index (χ2v) is 6.38. The van der Waals surface area contributed by atoms with Crippen LogP contribution in [-0.4, -0.2) is 30.1 Å². The quantitative estimate of drug-likeness (QED) is 0.304. The lowest BCUT2D eigenvalue weighted by Gasteiger charge is -2.07. The molecule has 4 rings (SSSR count). The molecule has 0 saturated heterocycles. The molecule has 0 aliphatic heterocycles. The van der Waals surface area contributed by atoms with Gasteiger partial charge >= 0.3 is 0 Å². The zero-order chi connectivity index (χ0) is 17.9. The van der Waals surface area contributed by atoms with Gasteiger partial charge in [-0.2, -0.15) is 4.68 Å². The topological polar surface area (TPSA) is 99.6 Å². The number of hydrogen-bond acceptors (Lipinski definition) is 7. The molecule has 0 atom stereocenters. The van der Waals surface area contributed by atoms with Crippen molar-refractivity contribution >= 4 is 28.4 Å². The molecule has 0 radical (unpaired) electrons. The lowest BCUT2D eigenvalue weighted by molar-refractivity contribution is -0.384. The van der Waals surface area contributed by atoms with E-state index in [1.54, 1.807) is 23.0 Å². The van der Waals surface area contributed by atoms with Crippen LogP contribution in [0.2, 0.25) is 0 Å². The maximum absolute atomic E-state index is 10.7. The predicted octanol–water partition coefficient (Wildman–Crippen LogP) is 3.41. The molecule has 128 valence electrons. The Morgan fingerprint density at radius 2 is 1.92 bits per heavy atom. The maximum atomic E-state index is 10.7. The number of nitrogens with zero attached hydrogens (tertiary/aromatic N) is 6. The highest BCUT2D eigenvalue weighted by Crippen LogP contribution is 2.26. The molecule has 0 bridgehead atoms. The van der Waals surface area contributed by atoms with Crippen LogP contribution in [-0.2, 0) is 5.75 Å². The summed E-state index contributed by atoms with van der Waals surface area (Å²) in [6, 6.07) is 16.1. The van der Waals surface area contributed by atoms with E-state index in [4.69, 9.17) is 0 Å². The highest BCUT2D eigenvalue weighted by molar-refractivity contribution is 7.98. The van der Waals surface area contributed by atoms with Crippen molar-refractivity contribution in [2.75, 3.05) is 0 Å². The third kappa shape index (κ3) is 3.11. The predicted molar refractivity (Wildman–Crippen MR) is 97.1 cm³/mol. The third-order valence-electron chi connectivity index (χ3n) is 3.81. The van der Waals surface area contributed by atoms with Gasteiger partial charge in [-0.1, -0.05) is 30.0 Å². The highest BCUT2D eigenvalue weighted by atomic mass is 32.2. The fraction of sp³-hybridized carbons (Fsp3) is 0.0588. The number of nitro benzene ring substituents is 1. The monoisotopic (exact) mass is 364 g/mol. The number of rotatable bonds is 5. The first kappa shape index (κ1) is 16.2. The Balaban J connectivity index is 1.60. The molecule has 2 aromatic heterocycles. The summed E-state index contributed by atoms with van der Waals surface area (Å²) in [6.45, 7) is 0. The molecule has 4 aromatic rings. The van der Waals surface area contributed by atoms with Gasteiger partial charge in [0.2, 0.25) is 5.16 Å². The number of pyridine rings is 1. The molecule has 0 spiro atoms. The number of hydrogen-bond donors (Lipinski definition) is 0. The van der Waals surface area contributed by atoms with Crippen molar-refractivity contribution < 1.29 is 4.92 Å². The van der Waals surface area contributed by atoms with Gasteiger partial charge in [-0.3, -0.25) is 15.1 Å². The Morgan fingerprint density at radius 3 is 2.73 bits per heavy atom. The van der Waals surface area contributed by atoms with E-state index in [1.807, 2.05) is 30.3 Å². The van der Waals surface area contributed by atoms with E-state index in [-0.39, 0.29) is 5.69 Å². The van der Waals surface area contributed by atoms with Gasteiger partial charge in [-0.25, -0.2) is 0 Å². The Kier molecular flexibility index (Phi) is 4.28. The minimum Gasteiger partial charge on any atom is -0.258 e. The Bertz CT molecular complexity index is 1070. The van der Waals surface area contributed by atoms with Gasteiger partial charge in [0.05, 0.1) is 16.1 Å². The van der Waals surface area contributed by atoms with Crippen molar-refractivity contribution in [3.8, 4) is 5.69 Å². The summed E-state index contributed by atoms with van der Waals surface area (Å²) in [6.07, 6.45) is 1.75. The summed E-state index contributed by atoms with van der Waals surface area (Å²) in [5, 5.41) is 24.3. The average Bonchev–Trinajstić information content (AvgIpc) is 3.14. The Labute approximate surface area is 152 Å². The normalized spacial score (nSPS) is 10.9. The molecule has 2 heterocycles. The van der Waals surface area contributed by atoms with Crippen molar-refractivity contribution in [3.63, 3.8) is 0 Å². The number of tetrazole rings is 1. The van der Waals surface area contributed by atoms with Crippen LogP contribution in [0.25, 0.3) is 16.6 Å². The smallest absolute Gasteiger partial charge is 0.258 e. The van der Waals surface area contributed by atoms with Crippen molar-refractivity contribution in [1.82, 2.24) is 25.2 Å². The summed E-state index contributed by atoms with van der Waals surface area (Å²) in [4.78, 5) is 14.7. The molecule has 0 N–H and O–H groups in total. The van der Waals surface area contributed by atoms with Gasteiger partial charge in [-0.15, -0.1) is 5.10 Å². The SMILES string of the molecule is O=[N+]([O-])c1ccc(CSc2nnnn2-c2cccc3ncccc23)cc1. The number of benzene rings is 2. The zero-order valence-electron chi connectivity index (χ0n) is 13.4. The summed E-state index contributed by atoms with van der Waals surface area (Å²) in [5.41, 5.74) is 2.75. The third-order valence-corrected chi connectivity index (χ3v) is 4.80. The van der Waals surface area contributed by atoms with E-state index in [2.05, 4.69) is 20.5 Å². The summed E-state index contributed by atoms with van der Waals surface area (Å²) >= 11 is 1.46. The summed E-state index contributed by atoms with van der Waals surface area (Å²) in [5.74, 6) is 0.599. The van der Waals surface area contributed by atoms with E-state index >= 15 is 0 Å². The summed E-state index contributed by atoms with van der Waals surface area (Å²) < 4.78 is 1.68. The van der Waals surface area contributed by atoms with Gasteiger partial charge in [0.15, 0.2) is 0 Å². The first-order valence-corrected chi connectivity index (χ1v) is 8.69. The minimum absolute atomic E-state index is 0.0758. The van der Waals surface area contributed by atoms with Crippen LogP contribution in [0.3, 0.4) is 0 Å². The van der Waals surface area contributed by atoms with Crippen LogP contribution in [0.15, 0.2) is 66.0 Å². The largest absolute Gasteiger partial charge is 0.269 e. The van der Waals surface area contributed by atoms with Crippen molar-refractivity contribution in [3.05, 3.63) is 76.5 Å². The van der Waals surface area contributed by atoms with Gasteiger partial charge < -0.3 is 0 Å². The Morgan fingerprint density at radius 1 is 1.08 bits per heavy atom. The molecule has 2 aromatic carbocycles. The molecule has 9 heteroatoms. The first-order valence-electron chi connectivity index (χ1n) is 7.71. The lowest BCUT2D eigenvalue weighted by Crippen LogP contribution is -2.00. The summed E-state index contributed by atoms with van der Waals surface area (Å²) in [7, 11) is 0. The molecule has 0 aliphatic rings. The van der Waals surface area contributed by atoms with E-state index in [0.29, 0.717) is 10.9 Å². The van der Waals surface area contributed by atoms with Crippen LogP contribution in [0.4, 0.5) is 5.69 Å². The first-order chi connectivity index (χ1) is 12.7. The number of non-ortho nitro benzene ring substituents is 1. The highest BCUT2D eigenvalue weighted by Gasteiger charge is 2.12. The Hall–Kier alpha value is -3.33. The molecular weight excluding hydrogens is 352 g/mol. The van der Waals surface area contributed by atoms with Gasteiger partial charge in [0, 0.05) is 29.5 Å². The van der Waals surface area contributed by atoms with Gasteiger partial charge in [0.1, 0.15) is 0 Å². The van der Waals surface area contributed by atoms with Crippen LogP contribution in [0.5, 0.6) is 0 Å². The molecule has 0 saturated carbocycles. The van der Waals surface area contributed by atoms with Gasteiger partial charge in [0.25, 0.3) is 5.69 Å². The van der Waals surface area contributed by atoms with Crippen LogP contribution in [0.1, 0.15) is 5.56 Å². The van der Waals surface area contributed by atoms with Crippen LogP contribution >= 0.6 is 11.8 Å². The average molecular weight is 364 g/mol. The van der Waals surface area contributed by atoms with Crippen molar-refractivity contribution in [2.24, 2.45) is 0 Å². The fourth-order valence-corrected chi connectivity index (χ4v) is 3.39. The van der Waals surface area contributed by atoms with E-state index in [9.17, 15) is 10.1 Å². The van der Waals surface area contributed by atoms with Crippen molar-refractivity contribution in [1.29, 1.82) is 0 Å². The lowest BCUT2D eigenvalue weighted by atomic mass is 10.2. The molecular formula is C17H12N6O2S. The van der Waals surface area contributed by atoms with Crippen LogP contribution in [0, 0.1) is 10.1 Å². The standard InChI is InChI=1S/C17H12N6O2S/c24-23(25)13-8-6-12(7-9-13)11-26-17-19-20-21-22(17)16-5-1-4-15-14(16)3-2-10-18-15/h1-10H,11H2.